The Bertz CT molecular complexity index is 750. The van der Waals surface area contributed by atoms with Crippen LogP contribution in [0.25, 0.3) is 0 Å². The largest absolute Gasteiger partial charge is 0.379 e. The molecule has 0 saturated carbocycles. The van der Waals surface area contributed by atoms with Crippen molar-refractivity contribution in [1.29, 1.82) is 0 Å². The molecule has 0 bridgehead atoms. The van der Waals surface area contributed by atoms with E-state index in [1.54, 1.807) is 0 Å². The molecule has 1 fully saturated rings. The van der Waals surface area contributed by atoms with Gasteiger partial charge in [0, 0.05) is 0 Å². The van der Waals surface area contributed by atoms with E-state index in [-0.39, 0.29) is 0 Å². The zero-order valence-electron chi connectivity index (χ0n) is 13.9. The molecular weight excluding hydrogens is 442 g/mol. The summed E-state index contributed by atoms with van der Waals surface area (Å²) in [6.07, 6.45) is 0. The molecule has 1 heterocycles. The van der Waals surface area contributed by atoms with Gasteiger partial charge in [-0.1, -0.05) is 95.3 Å². The fraction of sp³-hybridized carbons (Fsp3) is 0.158. The summed E-state index contributed by atoms with van der Waals surface area (Å²) in [7, 11) is -5.77. The summed E-state index contributed by atoms with van der Waals surface area (Å²) < 4.78 is 4.97. The van der Waals surface area contributed by atoms with Crippen LogP contribution in [0.4, 0.5) is 0 Å². The molecule has 26 heavy (non-hydrogen) atoms. The maximum atomic E-state index is 6.93. The van der Waals surface area contributed by atoms with E-state index >= 15 is 0 Å². The summed E-state index contributed by atoms with van der Waals surface area (Å²) in [5, 5.41) is 0.744. The summed E-state index contributed by atoms with van der Waals surface area (Å²) in [5.74, 6) is 0. The van der Waals surface area contributed by atoms with E-state index in [4.69, 9.17) is 50.8 Å². The molecule has 0 spiro atoms. The molecule has 136 valence electrons. The smallest absolute Gasteiger partial charge is 0.255 e. The first-order chi connectivity index (χ1) is 12.4. The monoisotopic (exact) mass is 458 g/mol. The minimum absolute atomic E-state index is 0.519. The minimum Gasteiger partial charge on any atom is -0.379 e. The van der Waals surface area contributed by atoms with E-state index in [0.29, 0.717) is 0 Å². The van der Waals surface area contributed by atoms with Crippen LogP contribution in [0.5, 0.6) is 0 Å². The molecule has 1 aliphatic rings. The van der Waals surface area contributed by atoms with Gasteiger partial charge in [0.2, 0.25) is 4.52 Å². The summed E-state index contributed by atoms with van der Waals surface area (Å²) in [6.45, 7) is 8.24. The first-order valence-corrected chi connectivity index (χ1v) is 14.9. The van der Waals surface area contributed by atoms with Gasteiger partial charge in [0.25, 0.3) is 7.83 Å². The number of hydrogen-bond acceptors (Lipinski definition) is 1. The molecule has 1 aliphatic heterocycles. The standard InChI is InChI=1S/C19H18Cl4OSi2/c1-3-25(4-2)18(21)17(20)19(22,23)24-26(25,15-11-7-5-8-12-15)16-13-9-6-10-14-16/h3-14,17-18H,1-2H2. The van der Waals surface area contributed by atoms with Crippen molar-refractivity contribution in [2.24, 2.45) is 0 Å². The lowest BCUT2D eigenvalue weighted by Gasteiger charge is -2.55. The van der Waals surface area contributed by atoms with Crippen LogP contribution in [0.15, 0.2) is 85.2 Å². The van der Waals surface area contributed by atoms with Gasteiger partial charge in [-0.3, -0.25) is 0 Å². The Hall–Kier alpha value is -0.526. The van der Waals surface area contributed by atoms with Crippen molar-refractivity contribution in [2.45, 2.75) is 14.9 Å². The second kappa shape index (κ2) is 7.48. The molecule has 0 aromatic heterocycles. The van der Waals surface area contributed by atoms with Gasteiger partial charge in [0.05, 0.1) is 5.00 Å². The first kappa shape index (κ1) is 20.2. The zero-order valence-corrected chi connectivity index (χ0v) is 18.9. The topological polar surface area (TPSA) is 9.23 Å². The quantitative estimate of drug-likeness (QED) is 0.477. The van der Waals surface area contributed by atoms with Gasteiger partial charge in [0.1, 0.15) is 5.38 Å². The van der Waals surface area contributed by atoms with Crippen LogP contribution in [-0.4, -0.2) is 30.3 Å². The van der Waals surface area contributed by atoms with Gasteiger partial charge in [-0.05, 0) is 10.4 Å². The highest BCUT2D eigenvalue weighted by Crippen LogP contribution is 2.48. The van der Waals surface area contributed by atoms with Crippen LogP contribution in [-0.2, 0) is 4.43 Å². The highest BCUT2D eigenvalue weighted by molar-refractivity contribution is 7.54. The fourth-order valence-corrected chi connectivity index (χ4v) is 22.8. The third-order valence-corrected chi connectivity index (χ3v) is 23.5. The normalized spacial score (nSPS) is 26.0. The second-order valence-corrected chi connectivity index (χ2v) is 19.6. The van der Waals surface area contributed by atoms with E-state index in [1.165, 1.54) is 0 Å². The Morgan fingerprint density at radius 1 is 0.846 bits per heavy atom. The molecule has 2 aromatic rings. The van der Waals surface area contributed by atoms with Crippen molar-refractivity contribution >= 4 is 72.2 Å². The van der Waals surface area contributed by atoms with E-state index < -0.39 is 30.3 Å². The average molecular weight is 460 g/mol. The van der Waals surface area contributed by atoms with Crippen molar-refractivity contribution in [2.75, 3.05) is 0 Å². The molecule has 1 nitrogen and oxygen atoms in total. The van der Waals surface area contributed by atoms with Crippen LogP contribution in [0.3, 0.4) is 0 Å². The lowest BCUT2D eigenvalue weighted by Crippen LogP contribution is -2.86. The van der Waals surface area contributed by atoms with Gasteiger partial charge in [0.15, 0.2) is 7.59 Å². The number of rotatable bonds is 4. The molecule has 0 aliphatic carbocycles. The molecule has 3 rings (SSSR count). The summed E-state index contributed by atoms with van der Waals surface area (Å²) in [5.41, 5.74) is 3.84. The third kappa shape index (κ3) is 2.85. The first-order valence-electron chi connectivity index (χ1n) is 8.10. The molecule has 0 amide bonds. The maximum Gasteiger partial charge on any atom is 0.255 e. The summed E-state index contributed by atoms with van der Waals surface area (Å²) in [4.78, 5) is 0. The van der Waals surface area contributed by atoms with Crippen LogP contribution in [0.1, 0.15) is 0 Å². The van der Waals surface area contributed by atoms with Gasteiger partial charge in [-0.15, -0.1) is 36.4 Å². The number of hydrogen-bond donors (Lipinski definition) is 0. The van der Waals surface area contributed by atoms with Crippen LogP contribution >= 0.6 is 46.4 Å². The average Bonchev–Trinajstić information content (AvgIpc) is 2.68. The zero-order chi connectivity index (χ0) is 19.0. The summed E-state index contributed by atoms with van der Waals surface area (Å²) in [6, 6.07) is 20.0. The number of alkyl halides is 4. The highest BCUT2D eigenvalue weighted by atomic mass is 35.5. The Morgan fingerprint density at radius 2 is 1.27 bits per heavy atom. The van der Waals surface area contributed by atoms with Crippen LogP contribution in [0.2, 0.25) is 0 Å². The molecule has 0 N–H and O–H groups in total. The molecule has 2 unspecified atom stereocenters. The lowest BCUT2D eigenvalue weighted by atomic mass is 10.4. The summed E-state index contributed by atoms with van der Waals surface area (Å²) >= 11 is 26.6. The number of halogens is 4. The molecule has 7 heteroatoms. The number of benzene rings is 2. The third-order valence-electron chi connectivity index (χ3n) is 4.97. The molecule has 2 aromatic carbocycles. The molecule has 2 atom stereocenters. The minimum atomic E-state index is -3.03. The fourth-order valence-electron chi connectivity index (χ4n) is 3.68. The van der Waals surface area contributed by atoms with Crippen LogP contribution in [0, 0.1) is 0 Å². The molecule has 0 radical (unpaired) electrons. The Labute approximate surface area is 176 Å². The predicted octanol–water partition coefficient (Wildman–Crippen LogP) is 4.64. The lowest BCUT2D eigenvalue weighted by molar-refractivity contribution is 0.234. The Morgan fingerprint density at radius 3 is 1.65 bits per heavy atom. The molecule has 1 saturated heterocycles. The van der Waals surface area contributed by atoms with Crippen molar-refractivity contribution < 1.29 is 4.43 Å². The van der Waals surface area contributed by atoms with E-state index in [0.717, 1.165) is 10.4 Å². The van der Waals surface area contributed by atoms with Crippen molar-refractivity contribution in [3.05, 3.63) is 85.2 Å². The van der Waals surface area contributed by atoms with Crippen molar-refractivity contribution in [3.63, 3.8) is 0 Å². The maximum absolute atomic E-state index is 6.93. The van der Waals surface area contributed by atoms with E-state index in [1.807, 2.05) is 72.1 Å². The van der Waals surface area contributed by atoms with E-state index in [2.05, 4.69) is 13.2 Å². The highest BCUT2D eigenvalue weighted by Gasteiger charge is 2.70. The van der Waals surface area contributed by atoms with Gasteiger partial charge in [-0.2, -0.15) is 0 Å². The van der Waals surface area contributed by atoms with Gasteiger partial charge >= 0.3 is 0 Å². The van der Waals surface area contributed by atoms with Gasteiger partial charge in [-0.25, -0.2) is 0 Å². The SMILES string of the molecule is C=C[Si]1(C=C)C(Cl)C(Cl)C(Cl)(Cl)O[Si]1(c1ccccc1)c1ccccc1. The van der Waals surface area contributed by atoms with Crippen LogP contribution < -0.4 is 10.4 Å². The van der Waals surface area contributed by atoms with E-state index in [9.17, 15) is 0 Å². The van der Waals surface area contributed by atoms with Crippen molar-refractivity contribution in [3.8, 4) is 0 Å². The van der Waals surface area contributed by atoms with Crippen molar-refractivity contribution in [1.82, 2.24) is 0 Å². The van der Waals surface area contributed by atoms with Gasteiger partial charge < -0.3 is 4.43 Å². The second-order valence-electron chi connectivity index (χ2n) is 6.22. The molecular formula is C19H18Cl4OSi2. The Balaban J connectivity index is 2.43. The predicted molar refractivity (Wildman–Crippen MR) is 119 cm³/mol. The Kier molecular flexibility index (Phi) is 5.81.